The van der Waals surface area contributed by atoms with Gasteiger partial charge in [0.05, 0.1) is 15.7 Å². The number of amides is 2. The molecule has 1 aromatic heterocycles. The largest absolute Gasteiger partial charge is 0.460 e. The molecule has 1 aromatic rings. The Morgan fingerprint density at radius 2 is 2.17 bits per heavy atom. The second kappa shape index (κ2) is 8.74. The van der Waals surface area contributed by atoms with Gasteiger partial charge in [0, 0.05) is 5.75 Å². The third-order valence-electron chi connectivity index (χ3n) is 4.30. The number of fused-ring (bicyclic) bond motifs is 1. The smallest absolute Gasteiger partial charge is 0.329 e. The first kappa shape index (κ1) is 22.9. The number of halogens is 4. The molecule has 0 spiro atoms. The van der Waals surface area contributed by atoms with E-state index in [9.17, 15) is 14.4 Å². The maximum absolute atomic E-state index is 12.6. The topological polar surface area (TPSA) is 119 Å². The molecule has 0 aliphatic carbocycles. The number of carbonyl (C=O) groups is 3. The summed E-state index contributed by atoms with van der Waals surface area (Å²) in [6, 6.07) is -0.711. The Kier molecular flexibility index (Phi) is 6.88. The number of rotatable bonds is 7. The van der Waals surface area contributed by atoms with Crippen molar-refractivity contribution in [2.45, 2.75) is 39.5 Å². The molecule has 10 nitrogen and oxygen atoms in total. The lowest BCUT2D eigenvalue weighted by atomic mass is 9.89. The summed E-state index contributed by atoms with van der Waals surface area (Å²) in [6.45, 7) is 1.32. The van der Waals surface area contributed by atoms with Gasteiger partial charge in [-0.15, -0.1) is 16.9 Å². The SMILES string of the molecule is CC(Br)(CC1C(=O)N2C(C(=O)OCC(Cl)(Cl)Cl)CSC12)NC(=O)Cn1cnnn1. The Labute approximate surface area is 193 Å². The maximum atomic E-state index is 12.6. The molecule has 160 valence electrons. The van der Waals surface area contributed by atoms with Crippen LogP contribution in [0.2, 0.25) is 0 Å². The molecule has 2 fully saturated rings. The average molecular weight is 551 g/mol. The molecule has 0 radical (unpaired) electrons. The van der Waals surface area contributed by atoms with E-state index < -0.39 is 20.3 Å². The van der Waals surface area contributed by atoms with Crippen LogP contribution in [-0.2, 0) is 25.7 Å². The summed E-state index contributed by atoms with van der Waals surface area (Å²) in [5.74, 6) is -1.06. The zero-order chi connectivity index (χ0) is 21.4. The number of hydrogen-bond acceptors (Lipinski definition) is 8. The molecule has 2 aliphatic heterocycles. The van der Waals surface area contributed by atoms with E-state index in [0.29, 0.717) is 12.2 Å². The van der Waals surface area contributed by atoms with Crippen molar-refractivity contribution >= 4 is 80.3 Å². The number of tetrazole rings is 1. The third-order valence-corrected chi connectivity index (χ3v) is 6.56. The first-order chi connectivity index (χ1) is 13.5. The fraction of sp³-hybridized carbons (Fsp3) is 0.714. The van der Waals surface area contributed by atoms with Crippen LogP contribution < -0.4 is 5.32 Å². The highest BCUT2D eigenvalue weighted by atomic mass is 79.9. The first-order valence-corrected chi connectivity index (χ1v) is 11.3. The van der Waals surface area contributed by atoms with Crippen molar-refractivity contribution in [2.75, 3.05) is 12.4 Å². The molecule has 1 N–H and O–H groups in total. The number of nitrogens with zero attached hydrogens (tertiary/aromatic N) is 5. The van der Waals surface area contributed by atoms with Crippen molar-refractivity contribution in [3.63, 3.8) is 0 Å². The van der Waals surface area contributed by atoms with Crippen LogP contribution in [0.15, 0.2) is 6.33 Å². The van der Waals surface area contributed by atoms with Gasteiger partial charge in [0.15, 0.2) is 0 Å². The van der Waals surface area contributed by atoms with Gasteiger partial charge in [-0.1, -0.05) is 50.7 Å². The molecule has 4 unspecified atom stereocenters. The van der Waals surface area contributed by atoms with E-state index in [0.717, 1.165) is 0 Å². The second-order valence-corrected chi connectivity index (χ2v) is 12.2. The molecule has 3 rings (SSSR count). The number of ether oxygens (including phenoxy) is 1. The van der Waals surface area contributed by atoms with Crippen molar-refractivity contribution in [1.82, 2.24) is 30.4 Å². The Balaban J connectivity index is 1.52. The van der Waals surface area contributed by atoms with Crippen molar-refractivity contribution < 1.29 is 19.1 Å². The predicted molar refractivity (Wildman–Crippen MR) is 110 cm³/mol. The molecule has 15 heteroatoms. The van der Waals surface area contributed by atoms with Gasteiger partial charge in [0.2, 0.25) is 15.6 Å². The third kappa shape index (κ3) is 5.66. The standard InChI is InChI=1S/C14H16BrCl3N6O4S/c1-13(15,20-9(25)3-23-6-19-21-22-23)2-7-10(26)24-8(4-29-11(7)24)12(27)28-5-14(16,17)18/h6-8,11H,2-5H2,1H3,(H,20,25). The van der Waals surface area contributed by atoms with Gasteiger partial charge in [-0.2, -0.15) is 0 Å². The molecule has 4 atom stereocenters. The van der Waals surface area contributed by atoms with Gasteiger partial charge in [-0.25, -0.2) is 9.48 Å². The predicted octanol–water partition coefficient (Wildman–Crippen LogP) is 1.10. The highest BCUT2D eigenvalue weighted by Crippen LogP contribution is 2.47. The van der Waals surface area contributed by atoms with Crippen LogP contribution in [0.5, 0.6) is 0 Å². The number of aromatic nitrogens is 4. The molecule has 3 heterocycles. The zero-order valence-electron chi connectivity index (χ0n) is 14.9. The minimum atomic E-state index is -1.71. The van der Waals surface area contributed by atoms with E-state index in [4.69, 9.17) is 39.5 Å². The highest BCUT2D eigenvalue weighted by Gasteiger charge is 2.58. The summed E-state index contributed by atoms with van der Waals surface area (Å²) >= 11 is 21.7. The molecule has 2 aliphatic rings. The molecular formula is C14H16BrCl3N6O4S. The number of hydrogen-bond donors (Lipinski definition) is 1. The lowest BCUT2D eigenvalue weighted by Gasteiger charge is -2.46. The Morgan fingerprint density at radius 1 is 1.45 bits per heavy atom. The number of alkyl halides is 4. The van der Waals surface area contributed by atoms with E-state index in [2.05, 4.69) is 36.8 Å². The Hall–Kier alpha value is -0.820. The monoisotopic (exact) mass is 548 g/mol. The average Bonchev–Trinajstić information content (AvgIpc) is 3.24. The van der Waals surface area contributed by atoms with Crippen LogP contribution in [0.1, 0.15) is 13.3 Å². The number of thioether (sulfide) groups is 1. The normalized spacial score (nSPS) is 25.8. The van der Waals surface area contributed by atoms with Crippen LogP contribution in [0.4, 0.5) is 0 Å². The minimum absolute atomic E-state index is 0.0474. The van der Waals surface area contributed by atoms with E-state index in [1.807, 2.05) is 0 Å². The molecule has 0 bridgehead atoms. The van der Waals surface area contributed by atoms with E-state index in [-0.39, 0.29) is 36.3 Å². The number of nitrogens with one attached hydrogen (secondary N) is 1. The van der Waals surface area contributed by atoms with Crippen molar-refractivity contribution in [3.8, 4) is 0 Å². The van der Waals surface area contributed by atoms with Gasteiger partial charge >= 0.3 is 5.97 Å². The van der Waals surface area contributed by atoms with Gasteiger partial charge < -0.3 is 15.0 Å². The van der Waals surface area contributed by atoms with Gasteiger partial charge in [0.25, 0.3) is 0 Å². The second-order valence-electron chi connectivity index (χ2n) is 6.77. The van der Waals surface area contributed by atoms with Crippen LogP contribution in [0.3, 0.4) is 0 Å². The number of esters is 1. The summed E-state index contributed by atoms with van der Waals surface area (Å²) in [7, 11) is 0. The summed E-state index contributed by atoms with van der Waals surface area (Å²) < 4.78 is 3.76. The fourth-order valence-corrected chi connectivity index (χ4v) is 5.43. The van der Waals surface area contributed by atoms with E-state index in [1.54, 1.807) is 6.92 Å². The first-order valence-electron chi connectivity index (χ1n) is 8.35. The molecule has 2 saturated heterocycles. The van der Waals surface area contributed by atoms with E-state index in [1.165, 1.54) is 27.7 Å². The van der Waals surface area contributed by atoms with Crippen molar-refractivity contribution in [1.29, 1.82) is 0 Å². The molecule has 0 saturated carbocycles. The molecule has 0 aromatic carbocycles. The van der Waals surface area contributed by atoms with Gasteiger partial charge in [0.1, 0.15) is 25.5 Å². The van der Waals surface area contributed by atoms with Gasteiger partial charge in [-0.3, -0.25) is 9.59 Å². The van der Waals surface area contributed by atoms with Crippen molar-refractivity contribution in [3.05, 3.63) is 6.33 Å². The minimum Gasteiger partial charge on any atom is -0.460 e. The highest BCUT2D eigenvalue weighted by molar-refractivity contribution is 9.10. The summed E-state index contributed by atoms with van der Waals surface area (Å²) in [6.07, 6.45) is 1.67. The Bertz CT molecular complexity index is 793. The molecule has 2 amide bonds. The number of carbonyl (C=O) groups excluding carboxylic acids is 3. The number of β-lactam (4-membered cyclic amide) rings is 1. The maximum Gasteiger partial charge on any atom is 0.329 e. The zero-order valence-corrected chi connectivity index (χ0v) is 19.6. The summed E-state index contributed by atoms with van der Waals surface area (Å²) in [4.78, 5) is 38.5. The lowest BCUT2D eigenvalue weighted by Crippen LogP contribution is -2.63. The summed E-state index contributed by atoms with van der Waals surface area (Å²) in [5.41, 5.74) is 0. The quantitative estimate of drug-likeness (QED) is 0.232. The molecular weight excluding hydrogens is 535 g/mol. The van der Waals surface area contributed by atoms with Crippen molar-refractivity contribution in [2.24, 2.45) is 5.92 Å². The van der Waals surface area contributed by atoms with Gasteiger partial charge in [-0.05, 0) is 23.8 Å². The van der Waals surface area contributed by atoms with Crippen LogP contribution in [-0.4, -0.2) is 74.9 Å². The van der Waals surface area contributed by atoms with Crippen LogP contribution in [0, 0.1) is 5.92 Å². The van der Waals surface area contributed by atoms with E-state index >= 15 is 0 Å². The lowest BCUT2D eigenvalue weighted by molar-refractivity contribution is -0.165. The Morgan fingerprint density at radius 3 is 2.79 bits per heavy atom. The fourth-order valence-electron chi connectivity index (χ4n) is 3.16. The molecule has 29 heavy (non-hydrogen) atoms. The summed E-state index contributed by atoms with van der Waals surface area (Å²) in [5, 5.41) is 13.2. The van der Waals surface area contributed by atoms with Crippen LogP contribution >= 0.6 is 62.5 Å². The van der Waals surface area contributed by atoms with Crippen LogP contribution in [0.25, 0.3) is 0 Å².